The third-order valence-corrected chi connectivity index (χ3v) is 1.16. The van der Waals surface area contributed by atoms with Crippen molar-refractivity contribution < 1.29 is 22.4 Å². The standard InChI is InChI=1S/C7H2F3N.CHFO/c8-5-1-2-6(9)7(10)4(5)3-11;2-1-3/h1-2H;1H. The highest BCUT2D eigenvalue weighted by atomic mass is 19.2. The van der Waals surface area contributed by atoms with E-state index in [0.717, 1.165) is 0 Å². The van der Waals surface area contributed by atoms with E-state index in [2.05, 4.69) is 0 Å². The minimum Gasteiger partial charge on any atom is -0.265 e. The van der Waals surface area contributed by atoms with E-state index in [4.69, 9.17) is 10.1 Å². The predicted molar refractivity (Wildman–Crippen MR) is 38.9 cm³/mol. The van der Waals surface area contributed by atoms with Crippen molar-refractivity contribution in [3.05, 3.63) is 35.1 Å². The van der Waals surface area contributed by atoms with Crippen LogP contribution in [0.3, 0.4) is 0 Å². The van der Waals surface area contributed by atoms with Crippen molar-refractivity contribution in [2.24, 2.45) is 0 Å². The van der Waals surface area contributed by atoms with Crippen LogP contribution in [0.1, 0.15) is 5.56 Å². The average molecular weight is 205 g/mol. The first kappa shape index (κ1) is 12.1. The quantitative estimate of drug-likeness (QED) is 0.281. The van der Waals surface area contributed by atoms with Crippen LogP contribution in [0.4, 0.5) is 17.6 Å². The van der Waals surface area contributed by atoms with Crippen LogP contribution >= 0.6 is 0 Å². The molecule has 0 unspecified atom stereocenters. The minimum absolute atomic E-state index is 0.630. The van der Waals surface area contributed by atoms with Crippen LogP contribution < -0.4 is 0 Å². The predicted octanol–water partition coefficient (Wildman–Crippen LogP) is 2.12. The van der Waals surface area contributed by atoms with Crippen LogP contribution in [0.2, 0.25) is 0 Å². The maximum absolute atomic E-state index is 12.4. The van der Waals surface area contributed by atoms with Crippen molar-refractivity contribution in [1.29, 1.82) is 5.26 Å². The SMILES string of the molecule is N#Cc1c(F)ccc(F)c1F.O=CF. The van der Waals surface area contributed by atoms with Gasteiger partial charge in [0.1, 0.15) is 17.4 Å². The molecular formula is C8H3F4NO. The molecule has 0 aromatic heterocycles. The van der Waals surface area contributed by atoms with E-state index in [9.17, 15) is 17.6 Å². The van der Waals surface area contributed by atoms with Gasteiger partial charge in [0.05, 0.1) is 0 Å². The minimum atomic E-state index is -1.44. The lowest BCUT2D eigenvalue weighted by Crippen LogP contribution is -1.93. The van der Waals surface area contributed by atoms with Crippen molar-refractivity contribution in [3.63, 3.8) is 0 Å². The summed E-state index contributed by atoms with van der Waals surface area (Å²) >= 11 is 0. The first-order valence-corrected chi connectivity index (χ1v) is 3.16. The molecule has 0 atom stereocenters. The molecule has 0 aliphatic heterocycles. The molecule has 1 aromatic rings. The van der Waals surface area contributed by atoms with Crippen molar-refractivity contribution in [3.8, 4) is 6.07 Å². The van der Waals surface area contributed by atoms with E-state index in [1.165, 1.54) is 6.07 Å². The van der Waals surface area contributed by atoms with Gasteiger partial charge < -0.3 is 0 Å². The molecule has 1 rings (SSSR count). The zero-order valence-corrected chi connectivity index (χ0v) is 6.60. The Morgan fingerprint density at radius 3 is 2.00 bits per heavy atom. The van der Waals surface area contributed by atoms with E-state index in [1.807, 2.05) is 0 Å². The summed E-state index contributed by atoms with van der Waals surface area (Å²) in [7, 11) is 0. The second-order valence-corrected chi connectivity index (χ2v) is 1.92. The van der Waals surface area contributed by atoms with Crippen LogP contribution in [0.15, 0.2) is 12.1 Å². The summed E-state index contributed by atoms with van der Waals surface area (Å²) in [6.07, 6.45) is 0. The number of nitriles is 1. The molecule has 0 aliphatic carbocycles. The van der Waals surface area contributed by atoms with Gasteiger partial charge in [0.25, 0.3) is 6.54 Å². The number of benzene rings is 1. The summed E-state index contributed by atoms with van der Waals surface area (Å²) in [4.78, 5) is 8.14. The van der Waals surface area contributed by atoms with Gasteiger partial charge in [-0.05, 0) is 12.1 Å². The second kappa shape index (κ2) is 5.70. The smallest absolute Gasteiger partial charge is 0.265 e. The fraction of sp³-hybridized carbons (Fsp3) is 0. The summed E-state index contributed by atoms with van der Waals surface area (Å²) in [6.45, 7) is -0.750. The number of carbonyl (C=O) groups excluding carboxylic acids is 1. The summed E-state index contributed by atoms with van der Waals surface area (Å²) < 4.78 is 46.7. The van der Waals surface area contributed by atoms with Crippen LogP contribution in [0, 0.1) is 28.8 Å². The Morgan fingerprint density at radius 1 is 1.21 bits per heavy atom. The van der Waals surface area contributed by atoms with Crippen LogP contribution in [0.25, 0.3) is 0 Å². The zero-order chi connectivity index (χ0) is 11.1. The maximum atomic E-state index is 12.4. The first-order valence-electron chi connectivity index (χ1n) is 3.16. The molecule has 0 saturated carbocycles. The van der Waals surface area contributed by atoms with E-state index >= 15 is 0 Å². The Hall–Kier alpha value is -1.90. The largest absolute Gasteiger partial charge is 0.289 e. The zero-order valence-electron chi connectivity index (χ0n) is 6.60. The molecule has 0 heterocycles. The third-order valence-electron chi connectivity index (χ3n) is 1.16. The Morgan fingerprint density at radius 2 is 1.64 bits per heavy atom. The van der Waals surface area contributed by atoms with E-state index in [0.29, 0.717) is 12.1 Å². The summed E-state index contributed by atoms with van der Waals surface area (Å²) in [5, 5.41) is 8.13. The lowest BCUT2D eigenvalue weighted by Gasteiger charge is -1.94. The molecule has 0 fully saturated rings. The van der Waals surface area contributed by atoms with E-state index < -0.39 is 29.6 Å². The molecule has 2 nitrogen and oxygen atoms in total. The van der Waals surface area contributed by atoms with Gasteiger partial charge in [-0.1, -0.05) is 0 Å². The monoisotopic (exact) mass is 205 g/mol. The molecule has 0 spiro atoms. The third kappa shape index (κ3) is 2.86. The molecule has 14 heavy (non-hydrogen) atoms. The number of halogens is 4. The van der Waals surface area contributed by atoms with Gasteiger partial charge in [-0.3, -0.25) is 4.79 Å². The Balaban J connectivity index is 0.000000500. The van der Waals surface area contributed by atoms with Crippen LogP contribution in [-0.2, 0) is 4.79 Å². The summed E-state index contributed by atoms with van der Waals surface area (Å²) in [6, 6.07) is 2.55. The van der Waals surface area contributed by atoms with Crippen molar-refractivity contribution in [1.82, 2.24) is 0 Å². The van der Waals surface area contributed by atoms with Crippen LogP contribution in [-0.4, -0.2) is 6.54 Å². The molecule has 0 radical (unpaired) electrons. The fourth-order valence-corrected chi connectivity index (χ4v) is 0.630. The van der Waals surface area contributed by atoms with Gasteiger partial charge in [-0.25, -0.2) is 13.2 Å². The Labute approximate surface area is 76.4 Å². The van der Waals surface area contributed by atoms with Crippen molar-refractivity contribution in [2.75, 3.05) is 0 Å². The van der Waals surface area contributed by atoms with Gasteiger partial charge >= 0.3 is 0 Å². The van der Waals surface area contributed by atoms with Crippen molar-refractivity contribution in [2.45, 2.75) is 0 Å². The highest BCUT2D eigenvalue weighted by molar-refractivity contribution is 5.35. The molecule has 0 N–H and O–H groups in total. The number of hydrogen-bond acceptors (Lipinski definition) is 2. The average Bonchev–Trinajstić information content (AvgIpc) is 2.14. The lowest BCUT2D eigenvalue weighted by molar-refractivity contribution is 0.491. The molecular weight excluding hydrogens is 202 g/mol. The van der Waals surface area contributed by atoms with Gasteiger partial charge in [0, 0.05) is 0 Å². The molecule has 74 valence electrons. The van der Waals surface area contributed by atoms with Gasteiger partial charge in [0.2, 0.25) is 0 Å². The molecule has 0 bridgehead atoms. The van der Waals surface area contributed by atoms with Gasteiger partial charge in [-0.15, -0.1) is 0 Å². The Bertz CT molecular complexity index is 372. The topological polar surface area (TPSA) is 40.9 Å². The molecule has 0 aliphatic rings. The highest BCUT2D eigenvalue weighted by Crippen LogP contribution is 2.13. The number of rotatable bonds is 0. The van der Waals surface area contributed by atoms with E-state index in [-0.39, 0.29) is 0 Å². The Kier molecular flexibility index (Phi) is 4.92. The first-order chi connectivity index (χ1) is 6.58. The summed E-state index contributed by atoms with van der Waals surface area (Å²) in [5.74, 6) is -3.71. The molecule has 6 heteroatoms. The second-order valence-electron chi connectivity index (χ2n) is 1.92. The normalized spacial score (nSPS) is 8.21. The number of hydrogen-bond donors (Lipinski definition) is 0. The highest BCUT2D eigenvalue weighted by Gasteiger charge is 2.12. The maximum Gasteiger partial charge on any atom is 0.289 e. The number of nitrogens with zero attached hydrogens (tertiary/aromatic N) is 1. The van der Waals surface area contributed by atoms with Gasteiger partial charge in [-0.2, -0.15) is 9.65 Å². The van der Waals surface area contributed by atoms with E-state index in [1.54, 1.807) is 0 Å². The number of carbonyl (C=O) groups is 1. The van der Waals surface area contributed by atoms with Gasteiger partial charge in [0.15, 0.2) is 11.6 Å². The summed E-state index contributed by atoms with van der Waals surface area (Å²) in [5.41, 5.74) is -0.884. The molecule has 1 aromatic carbocycles. The lowest BCUT2D eigenvalue weighted by atomic mass is 10.2. The van der Waals surface area contributed by atoms with Crippen LogP contribution in [0.5, 0.6) is 0 Å². The fourth-order valence-electron chi connectivity index (χ4n) is 0.630. The molecule has 0 saturated heterocycles. The molecule has 0 amide bonds. The van der Waals surface area contributed by atoms with Crippen molar-refractivity contribution >= 4 is 6.54 Å².